The average Bonchev–Trinajstić information content (AvgIpc) is 2.65. The number of anilines is 2. The molecule has 1 amide bonds. The van der Waals surface area contributed by atoms with E-state index in [0.717, 1.165) is 0 Å². The summed E-state index contributed by atoms with van der Waals surface area (Å²) < 4.78 is 10.9. The fraction of sp³-hybridized carbons (Fsp3) is 0.667. The minimum atomic E-state index is -0.777. The normalized spacial score (nSPS) is 11.2. The molecular weight excluding hydrogens is 420 g/mol. The Hall–Kier alpha value is -3.11. The lowest BCUT2D eigenvalue weighted by atomic mass is 10.1. The highest BCUT2D eigenvalue weighted by Crippen LogP contribution is 2.20. The summed E-state index contributed by atoms with van der Waals surface area (Å²) in [6.45, 7) is 10.7. The number of hydrogen-bond acceptors (Lipinski definition) is 8. The number of amides is 1. The van der Waals surface area contributed by atoms with Crippen molar-refractivity contribution in [3.05, 3.63) is 20.8 Å². The fourth-order valence-corrected chi connectivity index (χ4v) is 2.92. The van der Waals surface area contributed by atoms with Gasteiger partial charge in [-0.15, -0.1) is 0 Å². The number of esters is 2. The molecule has 0 aliphatic rings. The fourth-order valence-electron chi connectivity index (χ4n) is 2.92. The van der Waals surface area contributed by atoms with Crippen molar-refractivity contribution in [1.29, 1.82) is 0 Å². The standard InChI is InChI=1S/C21H34N4O7/c1-12(2)9-24(15(26)7-8-16(27)31-11-17(28)32-14(5)6)18-19(22)25(10-13(3)4)21(30)23-20(18)29/h12-14H,7-11,22H2,1-6H3,(H,23,29,30). The third-order valence-corrected chi connectivity index (χ3v) is 4.14. The number of carbonyl (C=O) groups is 3. The van der Waals surface area contributed by atoms with E-state index in [1.54, 1.807) is 13.8 Å². The Morgan fingerprint density at radius 1 is 1.00 bits per heavy atom. The molecule has 1 heterocycles. The largest absolute Gasteiger partial charge is 0.460 e. The Balaban J connectivity index is 3.03. The summed E-state index contributed by atoms with van der Waals surface area (Å²) in [6, 6.07) is 0. The van der Waals surface area contributed by atoms with Crippen LogP contribution < -0.4 is 21.9 Å². The molecule has 1 aromatic rings. The number of aromatic amines is 1. The second kappa shape index (κ2) is 12.1. The van der Waals surface area contributed by atoms with Crippen LogP contribution in [0.2, 0.25) is 0 Å². The van der Waals surface area contributed by atoms with Gasteiger partial charge in [0.25, 0.3) is 5.56 Å². The van der Waals surface area contributed by atoms with Gasteiger partial charge in [-0.3, -0.25) is 23.9 Å². The summed E-state index contributed by atoms with van der Waals surface area (Å²) in [5.41, 5.74) is 4.57. The SMILES string of the molecule is CC(C)CN(C(=O)CCC(=O)OCC(=O)OC(C)C)c1c(N)n(CC(C)C)c(=O)[nH]c1=O. The van der Waals surface area contributed by atoms with E-state index in [9.17, 15) is 24.0 Å². The molecule has 1 rings (SSSR count). The van der Waals surface area contributed by atoms with E-state index in [4.69, 9.17) is 15.2 Å². The summed E-state index contributed by atoms with van der Waals surface area (Å²) in [6.07, 6.45) is -0.909. The van der Waals surface area contributed by atoms with Gasteiger partial charge in [-0.1, -0.05) is 27.7 Å². The zero-order valence-electron chi connectivity index (χ0n) is 19.6. The smallest absolute Gasteiger partial charge is 0.344 e. The van der Waals surface area contributed by atoms with Gasteiger partial charge in [0.1, 0.15) is 5.82 Å². The molecule has 0 atom stereocenters. The van der Waals surface area contributed by atoms with E-state index in [-0.39, 0.29) is 55.4 Å². The van der Waals surface area contributed by atoms with Crippen molar-refractivity contribution >= 4 is 29.4 Å². The number of rotatable bonds is 11. The zero-order chi connectivity index (χ0) is 24.6. The van der Waals surface area contributed by atoms with Crippen molar-refractivity contribution in [3.8, 4) is 0 Å². The number of nitrogens with two attached hydrogens (primary N) is 1. The molecule has 0 spiro atoms. The molecule has 0 radical (unpaired) electrons. The molecule has 0 saturated heterocycles. The predicted octanol–water partition coefficient (Wildman–Crippen LogP) is 1.04. The first-order valence-electron chi connectivity index (χ1n) is 10.6. The molecule has 0 aliphatic heterocycles. The summed E-state index contributed by atoms with van der Waals surface area (Å²) in [4.78, 5) is 64.5. The van der Waals surface area contributed by atoms with Crippen LogP contribution in [0.15, 0.2) is 9.59 Å². The Labute approximate surface area is 186 Å². The van der Waals surface area contributed by atoms with Gasteiger partial charge >= 0.3 is 17.6 Å². The summed E-state index contributed by atoms with van der Waals surface area (Å²) in [7, 11) is 0. The quantitative estimate of drug-likeness (QED) is 0.470. The van der Waals surface area contributed by atoms with E-state index < -0.39 is 35.7 Å². The number of carbonyl (C=O) groups excluding carboxylic acids is 3. The van der Waals surface area contributed by atoms with Gasteiger partial charge in [0.15, 0.2) is 12.3 Å². The van der Waals surface area contributed by atoms with E-state index >= 15 is 0 Å². The second-order valence-electron chi connectivity index (χ2n) is 8.60. The lowest BCUT2D eigenvalue weighted by Crippen LogP contribution is -2.43. The average molecular weight is 455 g/mol. The Bertz CT molecular complexity index is 931. The van der Waals surface area contributed by atoms with Crippen LogP contribution in [0.25, 0.3) is 0 Å². The molecule has 3 N–H and O–H groups in total. The highest BCUT2D eigenvalue weighted by atomic mass is 16.6. The summed E-state index contributed by atoms with van der Waals surface area (Å²) in [5.74, 6) is -2.04. The highest BCUT2D eigenvalue weighted by Gasteiger charge is 2.26. The van der Waals surface area contributed by atoms with E-state index in [2.05, 4.69) is 4.98 Å². The molecule has 0 aromatic carbocycles. The number of aromatic nitrogens is 2. The van der Waals surface area contributed by atoms with Gasteiger partial charge in [-0.05, 0) is 25.7 Å². The van der Waals surface area contributed by atoms with E-state index in [1.807, 2.05) is 27.7 Å². The van der Waals surface area contributed by atoms with Crippen molar-refractivity contribution in [3.63, 3.8) is 0 Å². The van der Waals surface area contributed by atoms with Crippen LogP contribution >= 0.6 is 0 Å². The molecular formula is C21H34N4O7. The molecule has 11 heteroatoms. The number of nitrogens with one attached hydrogen (secondary N) is 1. The van der Waals surface area contributed by atoms with Gasteiger partial charge in [-0.2, -0.15) is 0 Å². The Morgan fingerprint density at radius 2 is 1.62 bits per heavy atom. The van der Waals surface area contributed by atoms with Gasteiger partial charge in [0.2, 0.25) is 5.91 Å². The van der Waals surface area contributed by atoms with Crippen LogP contribution in [0.4, 0.5) is 11.5 Å². The van der Waals surface area contributed by atoms with Crippen molar-refractivity contribution in [2.75, 3.05) is 23.8 Å². The number of nitrogens with zero attached hydrogens (tertiary/aromatic N) is 2. The molecule has 0 unspecified atom stereocenters. The van der Waals surface area contributed by atoms with E-state index in [1.165, 1.54) is 9.47 Å². The molecule has 0 aliphatic carbocycles. The van der Waals surface area contributed by atoms with Crippen LogP contribution in [-0.4, -0.2) is 46.7 Å². The van der Waals surface area contributed by atoms with Crippen LogP contribution in [-0.2, 0) is 30.4 Å². The maximum Gasteiger partial charge on any atom is 0.344 e. The van der Waals surface area contributed by atoms with Crippen molar-refractivity contribution in [2.45, 2.75) is 67.0 Å². The second-order valence-corrected chi connectivity index (χ2v) is 8.60. The number of H-pyrrole nitrogens is 1. The zero-order valence-corrected chi connectivity index (χ0v) is 19.6. The highest BCUT2D eigenvalue weighted by molar-refractivity contribution is 5.97. The van der Waals surface area contributed by atoms with Crippen LogP contribution in [0.5, 0.6) is 0 Å². The number of hydrogen-bond donors (Lipinski definition) is 2. The van der Waals surface area contributed by atoms with Gasteiger partial charge in [0.05, 0.1) is 12.5 Å². The first-order chi connectivity index (χ1) is 14.8. The van der Waals surface area contributed by atoms with Crippen molar-refractivity contribution in [2.24, 2.45) is 11.8 Å². The van der Waals surface area contributed by atoms with Crippen LogP contribution in [0, 0.1) is 11.8 Å². The number of nitrogen functional groups attached to an aromatic ring is 1. The van der Waals surface area contributed by atoms with Gasteiger partial charge in [-0.25, -0.2) is 9.59 Å². The first kappa shape index (κ1) is 26.9. The Kier molecular flexibility index (Phi) is 10.1. The minimum Gasteiger partial charge on any atom is -0.460 e. The minimum absolute atomic E-state index is 0.0269. The van der Waals surface area contributed by atoms with Gasteiger partial charge < -0.3 is 20.1 Å². The maximum absolute atomic E-state index is 12.9. The topological polar surface area (TPSA) is 154 Å². The molecule has 0 saturated carbocycles. The van der Waals surface area contributed by atoms with Crippen LogP contribution in [0.1, 0.15) is 54.4 Å². The summed E-state index contributed by atoms with van der Waals surface area (Å²) >= 11 is 0. The molecule has 1 aromatic heterocycles. The van der Waals surface area contributed by atoms with Crippen molar-refractivity contribution in [1.82, 2.24) is 9.55 Å². The monoisotopic (exact) mass is 454 g/mol. The number of ether oxygens (including phenoxy) is 2. The third kappa shape index (κ3) is 8.20. The Morgan fingerprint density at radius 3 is 2.16 bits per heavy atom. The lowest BCUT2D eigenvalue weighted by molar-refractivity contribution is -0.161. The molecule has 11 nitrogen and oxygen atoms in total. The van der Waals surface area contributed by atoms with Crippen LogP contribution in [0.3, 0.4) is 0 Å². The van der Waals surface area contributed by atoms with Gasteiger partial charge in [0, 0.05) is 19.5 Å². The predicted molar refractivity (Wildman–Crippen MR) is 119 cm³/mol. The van der Waals surface area contributed by atoms with E-state index in [0.29, 0.717) is 0 Å². The lowest BCUT2D eigenvalue weighted by Gasteiger charge is -2.26. The first-order valence-corrected chi connectivity index (χ1v) is 10.6. The molecule has 32 heavy (non-hydrogen) atoms. The molecule has 0 fully saturated rings. The third-order valence-electron chi connectivity index (χ3n) is 4.14. The maximum atomic E-state index is 12.9. The molecule has 0 bridgehead atoms. The summed E-state index contributed by atoms with van der Waals surface area (Å²) in [5, 5.41) is 0. The molecule has 180 valence electrons. The van der Waals surface area contributed by atoms with Crippen molar-refractivity contribution < 1.29 is 23.9 Å².